The van der Waals surface area contributed by atoms with Crippen LogP contribution in [-0.4, -0.2) is 48.9 Å². The number of benzene rings is 1. The smallest absolute Gasteiger partial charge is 0.243 e. The van der Waals surface area contributed by atoms with Crippen molar-refractivity contribution in [2.45, 2.75) is 26.9 Å². The molecule has 0 bridgehead atoms. The van der Waals surface area contributed by atoms with E-state index in [1.165, 1.54) is 23.1 Å². The summed E-state index contributed by atoms with van der Waals surface area (Å²) in [6.07, 6.45) is 2.68. The van der Waals surface area contributed by atoms with E-state index in [0.29, 0.717) is 6.54 Å². The molecule has 1 amide bonds. The van der Waals surface area contributed by atoms with Gasteiger partial charge in [-0.1, -0.05) is 6.07 Å². The maximum Gasteiger partial charge on any atom is 0.243 e. The van der Waals surface area contributed by atoms with Crippen LogP contribution >= 0.6 is 0 Å². The molecular weight excluding hydrogens is 359 g/mol. The van der Waals surface area contributed by atoms with Gasteiger partial charge in [0.05, 0.1) is 18.1 Å². The van der Waals surface area contributed by atoms with Crippen molar-refractivity contribution in [3.63, 3.8) is 0 Å². The second-order valence-corrected chi connectivity index (χ2v) is 7.98. The van der Waals surface area contributed by atoms with Gasteiger partial charge in [-0.05, 0) is 32.0 Å². The molecule has 0 aliphatic rings. The highest BCUT2D eigenvalue weighted by atomic mass is 32.2. The monoisotopic (exact) mass is 382 g/mol. The SMILES string of the molecule is CCn1ncc(CN(C)C(=O)CN(c2cccc(F)c2)S(C)(=O)=O)c1C. The second-order valence-electron chi connectivity index (χ2n) is 6.07. The van der Waals surface area contributed by atoms with E-state index in [1.54, 1.807) is 13.2 Å². The number of rotatable bonds is 7. The van der Waals surface area contributed by atoms with Gasteiger partial charge in [0.1, 0.15) is 12.4 Å². The number of halogens is 1. The molecule has 26 heavy (non-hydrogen) atoms. The fourth-order valence-electron chi connectivity index (χ4n) is 2.58. The first-order chi connectivity index (χ1) is 12.1. The number of likely N-dealkylation sites (N-methyl/N-ethyl adjacent to an activating group) is 1. The van der Waals surface area contributed by atoms with Crippen LogP contribution in [0.25, 0.3) is 0 Å². The average Bonchev–Trinajstić information content (AvgIpc) is 2.91. The molecule has 0 aliphatic heterocycles. The van der Waals surface area contributed by atoms with E-state index < -0.39 is 28.3 Å². The lowest BCUT2D eigenvalue weighted by molar-refractivity contribution is -0.128. The molecule has 0 fully saturated rings. The topological polar surface area (TPSA) is 75.5 Å². The van der Waals surface area contributed by atoms with Crippen molar-refractivity contribution in [1.82, 2.24) is 14.7 Å². The van der Waals surface area contributed by atoms with Crippen molar-refractivity contribution in [2.75, 3.05) is 24.2 Å². The normalized spacial score (nSPS) is 11.4. The van der Waals surface area contributed by atoms with E-state index >= 15 is 0 Å². The van der Waals surface area contributed by atoms with Crippen LogP contribution < -0.4 is 4.31 Å². The van der Waals surface area contributed by atoms with Gasteiger partial charge in [0.15, 0.2) is 0 Å². The molecule has 1 aromatic heterocycles. The molecule has 0 saturated carbocycles. The fourth-order valence-corrected chi connectivity index (χ4v) is 3.42. The molecule has 1 heterocycles. The third-order valence-corrected chi connectivity index (χ3v) is 5.25. The summed E-state index contributed by atoms with van der Waals surface area (Å²) in [5.74, 6) is -0.970. The zero-order valence-corrected chi connectivity index (χ0v) is 16.1. The van der Waals surface area contributed by atoms with E-state index in [-0.39, 0.29) is 5.69 Å². The van der Waals surface area contributed by atoms with Crippen molar-refractivity contribution in [2.24, 2.45) is 0 Å². The lowest BCUT2D eigenvalue weighted by Crippen LogP contribution is -2.41. The molecule has 0 unspecified atom stereocenters. The summed E-state index contributed by atoms with van der Waals surface area (Å²) in [6, 6.07) is 5.15. The van der Waals surface area contributed by atoms with Crippen LogP contribution in [0, 0.1) is 12.7 Å². The third kappa shape index (κ3) is 4.60. The van der Waals surface area contributed by atoms with Crippen LogP contribution in [0.3, 0.4) is 0 Å². The highest BCUT2D eigenvalue weighted by Crippen LogP contribution is 2.19. The number of hydrogen-bond acceptors (Lipinski definition) is 4. The van der Waals surface area contributed by atoms with Gasteiger partial charge in [-0.2, -0.15) is 5.10 Å². The Kier molecular flexibility index (Phi) is 6.01. The minimum absolute atomic E-state index is 0.115. The number of sulfonamides is 1. The van der Waals surface area contributed by atoms with E-state index in [1.807, 2.05) is 18.5 Å². The number of amides is 1. The molecule has 0 aliphatic carbocycles. The predicted octanol–water partition coefficient (Wildman–Crippen LogP) is 1.78. The Hall–Kier alpha value is -2.42. The standard InChI is InChI=1S/C17H23FN4O3S/c1-5-21-13(2)14(10-19-21)11-20(3)17(23)12-22(26(4,24)25)16-8-6-7-15(18)9-16/h6-10H,5,11-12H2,1-4H3. The van der Waals surface area contributed by atoms with Crippen LogP contribution in [0.2, 0.25) is 0 Å². The summed E-state index contributed by atoms with van der Waals surface area (Å²) in [5, 5.41) is 4.23. The molecule has 0 spiro atoms. The van der Waals surface area contributed by atoms with Gasteiger partial charge in [-0.15, -0.1) is 0 Å². The summed E-state index contributed by atoms with van der Waals surface area (Å²) in [5.41, 5.74) is 1.96. The molecule has 0 saturated heterocycles. The number of aryl methyl sites for hydroxylation is 1. The molecule has 0 N–H and O–H groups in total. The van der Waals surface area contributed by atoms with Crippen LogP contribution in [0.5, 0.6) is 0 Å². The Morgan fingerprint density at radius 3 is 2.58 bits per heavy atom. The van der Waals surface area contributed by atoms with Crippen molar-refractivity contribution < 1.29 is 17.6 Å². The Bertz CT molecular complexity index is 895. The van der Waals surface area contributed by atoms with Crippen molar-refractivity contribution in [3.05, 3.63) is 47.5 Å². The Labute approximate surface area is 153 Å². The first kappa shape index (κ1) is 19.9. The predicted molar refractivity (Wildman–Crippen MR) is 97.7 cm³/mol. The quantitative estimate of drug-likeness (QED) is 0.731. The van der Waals surface area contributed by atoms with Gasteiger partial charge in [0.25, 0.3) is 0 Å². The summed E-state index contributed by atoms with van der Waals surface area (Å²) in [4.78, 5) is 14.0. The first-order valence-electron chi connectivity index (χ1n) is 8.12. The summed E-state index contributed by atoms with van der Waals surface area (Å²) in [6.45, 7) is 4.53. The third-order valence-electron chi connectivity index (χ3n) is 4.11. The van der Waals surface area contributed by atoms with Crippen molar-refractivity contribution in [3.8, 4) is 0 Å². The lowest BCUT2D eigenvalue weighted by Gasteiger charge is -2.25. The maximum absolute atomic E-state index is 13.5. The van der Waals surface area contributed by atoms with Gasteiger partial charge >= 0.3 is 0 Å². The van der Waals surface area contributed by atoms with Crippen LogP contribution in [0.15, 0.2) is 30.5 Å². The highest BCUT2D eigenvalue weighted by Gasteiger charge is 2.23. The van der Waals surface area contributed by atoms with Crippen LogP contribution in [0.4, 0.5) is 10.1 Å². The Morgan fingerprint density at radius 1 is 1.35 bits per heavy atom. The molecule has 7 nitrogen and oxygen atoms in total. The molecule has 1 aromatic carbocycles. The van der Waals surface area contributed by atoms with E-state index in [2.05, 4.69) is 5.10 Å². The number of carbonyl (C=O) groups is 1. The van der Waals surface area contributed by atoms with Crippen LogP contribution in [-0.2, 0) is 27.9 Å². The van der Waals surface area contributed by atoms with E-state index in [4.69, 9.17) is 0 Å². The van der Waals surface area contributed by atoms with Gasteiger partial charge in [0, 0.05) is 31.4 Å². The number of hydrogen-bond donors (Lipinski definition) is 0. The Balaban J connectivity index is 2.17. The van der Waals surface area contributed by atoms with Crippen molar-refractivity contribution >= 4 is 21.6 Å². The maximum atomic E-state index is 13.5. The van der Waals surface area contributed by atoms with Crippen molar-refractivity contribution in [1.29, 1.82) is 0 Å². The van der Waals surface area contributed by atoms with Gasteiger partial charge in [0.2, 0.25) is 15.9 Å². The molecule has 142 valence electrons. The lowest BCUT2D eigenvalue weighted by atomic mass is 10.2. The molecule has 0 atom stereocenters. The molecule has 9 heteroatoms. The Morgan fingerprint density at radius 2 is 2.04 bits per heavy atom. The highest BCUT2D eigenvalue weighted by molar-refractivity contribution is 7.92. The van der Waals surface area contributed by atoms with E-state index in [0.717, 1.165) is 34.4 Å². The van der Waals surface area contributed by atoms with Gasteiger partial charge in [-0.3, -0.25) is 13.8 Å². The van der Waals surface area contributed by atoms with Gasteiger partial charge < -0.3 is 4.90 Å². The summed E-state index contributed by atoms with van der Waals surface area (Å²) >= 11 is 0. The van der Waals surface area contributed by atoms with Gasteiger partial charge in [-0.25, -0.2) is 12.8 Å². The van der Waals surface area contributed by atoms with E-state index in [9.17, 15) is 17.6 Å². The number of carbonyl (C=O) groups excluding carboxylic acids is 1. The molecule has 2 aromatic rings. The first-order valence-corrected chi connectivity index (χ1v) is 9.96. The zero-order valence-electron chi connectivity index (χ0n) is 15.3. The summed E-state index contributed by atoms with van der Waals surface area (Å²) < 4.78 is 40.3. The second kappa shape index (κ2) is 7.86. The minimum atomic E-state index is -3.74. The largest absolute Gasteiger partial charge is 0.340 e. The molecule has 0 radical (unpaired) electrons. The number of anilines is 1. The minimum Gasteiger partial charge on any atom is -0.340 e. The molecule has 2 rings (SSSR count). The number of aromatic nitrogens is 2. The average molecular weight is 382 g/mol. The molecular formula is C17H23FN4O3S. The summed E-state index contributed by atoms with van der Waals surface area (Å²) in [7, 11) is -2.15. The fraction of sp³-hybridized carbons (Fsp3) is 0.412. The zero-order chi connectivity index (χ0) is 19.5. The van der Waals surface area contributed by atoms with Crippen LogP contribution in [0.1, 0.15) is 18.2 Å². The number of nitrogens with zero attached hydrogens (tertiary/aromatic N) is 4.